The van der Waals surface area contributed by atoms with Crippen LogP contribution in [0.15, 0.2) is 30.3 Å². The van der Waals surface area contributed by atoms with Crippen molar-refractivity contribution in [2.24, 2.45) is 0 Å². The number of anilines is 3. The molecule has 6 nitrogen and oxygen atoms in total. The Hall–Kier alpha value is -2.65. The zero-order valence-corrected chi connectivity index (χ0v) is 16.9. The van der Waals surface area contributed by atoms with E-state index in [1.54, 1.807) is 6.07 Å². The highest BCUT2D eigenvalue weighted by Crippen LogP contribution is 2.23. The number of benzene rings is 1. The van der Waals surface area contributed by atoms with Crippen molar-refractivity contribution in [3.05, 3.63) is 41.6 Å². The van der Waals surface area contributed by atoms with Gasteiger partial charge in [0.25, 0.3) is 0 Å². The van der Waals surface area contributed by atoms with Gasteiger partial charge in [0.2, 0.25) is 5.95 Å². The van der Waals surface area contributed by atoms with E-state index >= 15 is 0 Å². The molecule has 1 aliphatic heterocycles. The summed E-state index contributed by atoms with van der Waals surface area (Å²) < 4.78 is 0. The molecule has 2 N–H and O–H groups in total. The van der Waals surface area contributed by atoms with E-state index in [0.29, 0.717) is 17.6 Å². The average molecular weight is 379 g/mol. The largest absolute Gasteiger partial charge is 0.355 e. The Balaban J connectivity index is 1.75. The van der Waals surface area contributed by atoms with Crippen LogP contribution >= 0.6 is 0 Å². The first-order valence-electron chi connectivity index (χ1n) is 10.3. The highest BCUT2D eigenvalue weighted by molar-refractivity contribution is 5.58. The van der Waals surface area contributed by atoms with E-state index in [0.717, 1.165) is 56.1 Å². The Kier molecular flexibility index (Phi) is 7.21. The van der Waals surface area contributed by atoms with Crippen molar-refractivity contribution in [2.45, 2.75) is 52.0 Å². The molecule has 28 heavy (non-hydrogen) atoms. The summed E-state index contributed by atoms with van der Waals surface area (Å²) in [5.74, 6) is 1.58. The van der Waals surface area contributed by atoms with Crippen LogP contribution in [0.4, 0.5) is 17.5 Å². The summed E-state index contributed by atoms with van der Waals surface area (Å²) in [5, 5.41) is 16.0. The van der Waals surface area contributed by atoms with Gasteiger partial charge in [-0.1, -0.05) is 32.8 Å². The number of nitrogens with one attached hydrogen (secondary N) is 2. The summed E-state index contributed by atoms with van der Waals surface area (Å²) in [6, 6.07) is 12.2. The first-order chi connectivity index (χ1) is 13.7. The van der Waals surface area contributed by atoms with Gasteiger partial charge in [-0.3, -0.25) is 0 Å². The van der Waals surface area contributed by atoms with Crippen LogP contribution in [0.3, 0.4) is 0 Å². The third-order valence-electron chi connectivity index (χ3n) is 5.00. The van der Waals surface area contributed by atoms with Crippen molar-refractivity contribution >= 4 is 17.5 Å². The minimum absolute atomic E-state index is 0.528. The minimum atomic E-state index is 0.528. The fourth-order valence-corrected chi connectivity index (χ4v) is 3.50. The van der Waals surface area contributed by atoms with Gasteiger partial charge >= 0.3 is 0 Å². The molecule has 6 heteroatoms. The van der Waals surface area contributed by atoms with Gasteiger partial charge in [0.1, 0.15) is 5.82 Å². The van der Waals surface area contributed by atoms with Gasteiger partial charge < -0.3 is 15.5 Å². The van der Waals surface area contributed by atoms with Crippen molar-refractivity contribution in [2.75, 3.05) is 29.9 Å². The van der Waals surface area contributed by atoms with E-state index in [9.17, 15) is 0 Å². The molecule has 2 heterocycles. The maximum atomic E-state index is 9.11. The summed E-state index contributed by atoms with van der Waals surface area (Å²) in [5.41, 5.74) is 2.50. The van der Waals surface area contributed by atoms with Crippen LogP contribution < -0.4 is 15.5 Å². The molecule has 1 aliphatic rings. The zero-order valence-electron chi connectivity index (χ0n) is 16.9. The van der Waals surface area contributed by atoms with Crippen LogP contribution in [0.25, 0.3) is 0 Å². The van der Waals surface area contributed by atoms with Gasteiger partial charge in [-0.25, -0.2) is 4.98 Å². The summed E-state index contributed by atoms with van der Waals surface area (Å²) >= 11 is 0. The normalized spacial score (nSPS) is 16.2. The van der Waals surface area contributed by atoms with Gasteiger partial charge in [0, 0.05) is 36.6 Å². The zero-order chi connectivity index (χ0) is 19.8. The molecule has 1 fully saturated rings. The molecule has 0 amide bonds. The molecular weight excluding hydrogens is 348 g/mol. The number of hydrogen-bond acceptors (Lipinski definition) is 6. The molecule has 1 saturated heterocycles. The topological polar surface area (TPSA) is 76.9 Å². The molecule has 0 bridgehead atoms. The maximum absolute atomic E-state index is 9.11. The van der Waals surface area contributed by atoms with Crippen molar-refractivity contribution in [3.63, 3.8) is 0 Å². The third-order valence-corrected chi connectivity index (χ3v) is 5.00. The third kappa shape index (κ3) is 5.43. The predicted octanol–water partition coefficient (Wildman–Crippen LogP) is 4.01. The van der Waals surface area contributed by atoms with Crippen LogP contribution in [-0.4, -0.2) is 35.6 Å². The van der Waals surface area contributed by atoms with Crippen molar-refractivity contribution in [1.29, 1.82) is 5.26 Å². The Labute approximate surface area is 168 Å². The number of unbranched alkanes of at least 4 members (excludes halogenated alkanes) is 1. The highest BCUT2D eigenvalue weighted by Gasteiger charge is 2.23. The Morgan fingerprint density at radius 2 is 2.11 bits per heavy atom. The van der Waals surface area contributed by atoms with E-state index in [4.69, 9.17) is 10.2 Å². The van der Waals surface area contributed by atoms with E-state index in [1.807, 2.05) is 18.2 Å². The fraction of sp³-hybridized carbons (Fsp3) is 0.500. The molecule has 2 aromatic rings. The van der Waals surface area contributed by atoms with Gasteiger partial charge in [0.15, 0.2) is 0 Å². The Morgan fingerprint density at radius 1 is 1.21 bits per heavy atom. The number of nitrogens with zero attached hydrogens (tertiary/aromatic N) is 4. The van der Waals surface area contributed by atoms with Crippen molar-refractivity contribution in [3.8, 4) is 6.07 Å². The number of rotatable bonds is 9. The lowest BCUT2D eigenvalue weighted by atomic mass is 10.2. The standard InChI is InChI=1S/C22H30N6/c1-3-5-11-24-20-10-12-28(16-20)21-14-18(7-4-2)25-22(27-21)26-19-9-6-8-17(13-19)15-23/h6,8-9,13-14,20,24H,3-5,7,10-12,16H2,1-2H3,(H,25,26,27)/t20-/m0/s1. The van der Waals surface area contributed by atoms with Crippen LogP contribution in [-0.2, 0) is 6.42 Å². The van der Waals surface area contributed by atoms with E-state index in [2.05, 4.69) is 46.5 Å². The molecule has 0 saturated carbocycles. The van der Waals surface area contributed by atoms with Crippen molar-refractivity contribution < 1.29 is 0 Å². The number of aryl methyl sites for hydroxylation is 1. The van der Waals surface area contributed by atoms with Gasteiger partial charge in [0.05, 0.1) is 11.6 Å². The summed E-state index contributed by atoms with van der Waals surface area (Å²) in [4.78, 5) is 11.8. The van der Waals surface area contributed by atoms with Crippen LogP contribution in [0, 0.1) is 11.3 Å². The number of hydrogen-bond donors (Lipinski definition) is 2. The second-order valence-electron chi connectivity index (χ2n) is 7.35. The molecule has 3 rings (SSSR count). The average Bonchev–Trinajstić information content (AvgIpc) is 3.17. The van der Waals surface area contributed by atoms with E-state index in [-0.39, 0.29) is 0 Å². The van der Waals surface area contributed by atoms with Gasteiger partial charge in [-0.15, -0.1) is 0 Å². The quantitative estimate of drug-likeness (QED) is 0.642. The molecule has 0 unspecified atom stereocenters. The molecule has 0 aliphatic carbocycles. The second kappa shape index (κ2) is 10.0. The highest BCUT2D eigenvalue weighted by atomic mass is 15.3. The predicted molar refractivity (Wildman–Crippen MR) is 114 cm³/mol. The van der Waals surface area contributed by atoms with E-state index < -0.39 is 0 Å². The Bertz CT molecular complexity index is 813. The molecule has 0 radical (unpaired) electrons. The first-order valence-corrected chi connectivity index (χ1v) is 10.3. The maximum Gasteiger partial charge on any atom is 0.229 e. The molecule has 1 aromatic carbocycles. The number of aromatic nitrogens is 2. The van der Waals surface area contributed by atoms with Gasteiger partial charge in [-0.05, 0) is 44.0 Å². The summed E-state index contributed by atoms with van der Waals surface area (Å²) in [7, 11) is 0. The molecule has 1 atom stereocenters. The fourth-order valence-electron chi connectivity index (χ4n) is 3.50. The molecule has 1 aromatic heterocycles. The van der Waals surface area contributed by atoms with Crippen LogP contribution in [0.2, 0.25) is 0 Å². The smallest absolute Gasteiger partial charge is 0.229 e. The lowest BCUT2D eigenvalue weighted by molar-refractivity contribution is 0.536. The first kappa shape index (κ1) is 20.1. The second-order valence-corrected chi connectivity index (χ2v) is 7.35. The lowest BCUT2D eigenvalue weighted by Crippen LogP contribution is -2.33. The summed E-state index contributed by atoms with van der Waals surface area (Å²) in [6.45, 7) is 7.46. The van der Waals surface area contributed by atoms with Crippen LogP contribution in [0.5, 0.6) is 0 Å². The molecule has 148 valence electrons. The van der Waals surface area contributed by atoms with Gasteiger partial charge in [-0.2, -0.15) is 10.2 Å². The monoisotopic (exact) mass is 378 g/mol. The SMILES string of the molecule is CCCCN[C@H]1CCN(c2cc(CCC)nc(Nc3cccc(C#N)c3)n2)C1. The lowest BCUT2D eigenvalue weighted by Gasteiger charge is -2.20. The van der Waals surface area contributed by atoms with Crippen LogP contribution in [0.1, 0.15) is 50.8 Å². The van der Waals surface area contributed by atoms with Crippen molar-refractivity contribution in [1.82, 2.24) is 15.3 Å². The minimum Gasteiger partial charge on any atom is -0.355 e. The molecular formula is C22H30N6. The Morgan fingerprint density at radius 3 is 2.89 bits per heavy atom. The molecule has 0 spiro atoms. The number of nitriles is 1. The van der Waals surface area contributed by atoms with E-state index in [1.165, 1.54) is 12.8 Å². The summed E-state index contributed by atoms with van der Waals surface area (Å²) in [6.07, 6.45) is 5.55.